The summed E-state index contributed by atoms with van der Waals surface area (Å²) < 4.78 is 0. The number of hydrogen-bond donors (Lipinski definition) is 2. The fraction of sp³-hybridized carbons (Fsp3) is 0.462. The Morgan fingerprint density at radius 2 is 2.06 bits per heavy atom. The van der Waals surface area contributed by atoms with E-state index >= 15 is 0 Å². The van der Waals surface area contributed by atoms with E-state index in [-0.39, 0.29) is 6.42 Å². The van der Waals surface area contributed by atoms with Crippen LogP contribution in [0.3, 0.4) is 0 Å². The summed E-state index contributed by atoms with van der Waals surface area (Å²) in [6.45, 7) is 5.57. The molecule has 3 nitrogen and oxygen atoms in total. The summed E-state index contributed by atoms with van der Waals surface area (Å²) >= 11 is 0. The molecule has 16 heavy (non-hydrogen) atoms. The van der Waals surface area contributed by atoms with Crippen LogP contribution < -0.4 is 5.32 Å². The van der Waals surface area contributed by atoms with Crippen molar-refractivity contribution in [3.05, 3.63) is 34.9 Å². The molecule has 0 aromatic heterocycles. The monoisotopic (exact) mass is 221 g/mol. The number of carbonyl (C=O) groups is 1. The summed E-state index contributed by atoms with van der Waals surface area (Å²) in [6, 6.07) is 6.43. The molecule has 0 saturated carbocycles. The second kappa shape index (κ2) is 6.28. The van der Waals surface area contributed by atoms with Gasteiger partial charge in [0.2, 0.25) is 0 Å². The van der Waals surface area contributed by atoms with Crippen LogP contribution in [0.4, 0.5) is 0 Å². The van der Waals surface area contributed by atoms with Gasteiger partial charge in [-0.3, -0.25) is 4.79 Å². The van der Waals surface area contributed by atoms with Gasteiger partial charge in [-0.1, -0.05) is 23.8 Å². The van der Waals surface area contributed by atoms with Gasteiger partial charge in [0.15, 0.2) is 0 Å². The predicted molar refractivity (Wildman–Crippen MR) is 64.7 cm³/mol. The summed E-state index contributed by atoms with van der Waals surface area (Å²) in [5.74, 6) is -0.751. The maximum atomic E-state index is 10.3. The maximum absolute atomic E-state index is 10.3. The molecular formula is C13H19NO2. The molecule has 0 atom stereocenters. The standard InChI is InChI=1S/C13H19NO2/c1-10-3-4-12(11(2)9-10)5-7-14-8-6-13(15)16/h3-4,9,14H,5-8H2,1-2H3,(H,15,16). The van der Waals surface area contributed by atoms with Crippen LogP contribution in [0.5, 0.6) is 0 Å². The number of carboxylic acids is 1. The summed E-state index contributed by atoms with van der Waals surface area (Å²) in [7, 11) is 0. The van der Waals surface area contributed by atoms with Gasteiger partial charge in [0, 0.05) is 6.54 Å². The van der Waals surface area contributed by atoms with Crippen LogP contribution >= 0.6 is 0 Å². The molecule has 0 aliphatic carbocycles. The van der Waals surface area contributed by atoms with Crippen molar-refractivity contribution < 1.29 is 9.90 Å². The topological polar surface area (TPSA) is 49.3 Å². The first-order valence-corrected chi connectivity index (χ1v) is 5.58. The van der Waals surface area contributed by atoms with Gasteiger partial charge < -0.3 is 10.4 Å². The highest BCUT2D eigenvalue weighted by atomic mass is 16.4. The minimum atomic E-state index is -0.751. The van der Waals surface area contributed by atoms with Gasteiger partial charge in [-0.25, -0.2) is 0 Å². The lowest BCUT2D eigenvalue weighted by atomic mass is 10.0. The molecule has 3 heteroatoms. The van der Waals surface area contributed by atoms with E-state index in [1.54, 1.807) is 0 Å². The minimum absolute atomic E-state index is 0.187. The van der Waals surface area contributed by atoms with Gasteiger partial charge in [0.05, 0.1) is 6.42 Å². The Morgan fingerprint density at radius 3 is 2.69 bits per heavy atom. The smallest absolute Gasteiger partial charge is 0.304 e. The number of aryl methyl sites for hydroxylation is 2. The number of nitrogens with one attached hydrogen (secondary N) is 1. The van der Waals surface area contributed by atoms with Crippen LogP contribution in [0.15, 0.2) is 18.2 Å². The molecule has 88 valence electrons. The predicted octanol–water partition coefficient (Wildman–Crippen LogP) is 1.91. The maximum Gasteiger partial charge on any atom is 0.304 e. The molecule has 0 saturated heterocycles. The molecule has 1 aromatic rings. The normalized spacial score (nSPS) is 10.4. The van der Waals surface area contributed by atoms with Crippen molar-refractivity contribution >= 4 is 5.97 Å². The Kier molecular flexibility index (Phi) is 4.99. The first-order valence-electron chi connectivity index (χ1n) is 5.58. The minimum Gasteiger partial charge on any atom is -0.481 e. The molecule has 2 N–H and O–H groups in total. The highest BCUT2D eigenvalue weighted by Crippen LogP contribution is 2.10. The molecule has 0 spiro atoms. The average Bonchev–Trinajstić information content (AvgIpc) is 2.20. The van der Waals surface area contributed by atoms with Crippen LogP contribution in [0.25, 0.3) is 0 Å². The van der Waals surface area contributed by atoms with E-state index in [2.05, 4.69) is 37.4 Å². The highest BCUT2D eigenvalue weighted by molar-refractivity contribution is 5.66. The van der Waals surface area contributed by atoms with Crippen molar-refractivity contribution in [2.45, 2.75) is 26.7 Å². The second-order valence-corrected chi connectivity index (χ2v) is 4.07. The van der Waals surface area contributed by atoms with Gasteiger partial charge in [-0.05, 0) is 37.9 Å². The number of rotatable bonds is 6. The summed E-state index contributed by atoms with van der Waals surface area (Å²) in [6.07, 6.45) is 1.14. The van der Waals surface area contributed by atoms with Crippen LogP contribution in [0.2, 0.25) is 0 Å². The molecule has 0 amide bonds. The van der Waals surface area contributed by atoms with Crippen molar-refractivity contribution in [2.75, 3.05) is 13.1 Å². The van der Waals surface area contributed by atoms with Crippen LogP contribution in [0, 0.1) is 13.8 Å². The van der Waals surface area contributed by atoms with Crippen molar-refractivity contribution in [3.8, 4) is 0 Å². The molecule has 0 fully saturated rings. The molecule has 0 heterocycles. The Bertz CT molecular complexity index is 361. The van der Waals surface area contributed by atoms with Gasteiger partial charge in [0.1, 0.15) is 0 Å². The van der Waals surface area contributed by atoms with Gasteiger partial charge in [-0.2, -0.15) is 0 Å². The molecule has 0 bridgehead atoms. The van der Waals surface area contributed by atoms with E-state index in [4.69, 9.17) is 5.11 Å². The molecular weight excluding hydrogens is 202 g/mol. The summed E-state index contributed by atoms with van der Waals surface area (Å²) in [5, 5.41) is 11.6. The summed E-state index contributed by atoms with van der Waals surface area (Å²) in [5.41, 5.74) is 3.91. The molecule has 0 unspecified atom stereocenters. The second-order valence-electron chi connectivity index (χ2n) is 4.07. The number of carboxylic acid groups (broad SMARTS) is 1. The van der Waals surface area contributed by atoms with Crippen molar-refractivity contribution in [1.29, 1.82) is 0 Å². The third kappa shape index (κ3) is 4.45. The Hall–Kier alpha value is -1.35. The lowest BCUT2D eigenvalue weighted by Crippen LogP contribution is -2.21. The summed E-state index contributed by atoms with van der Waals surface area (Å²) in [4.78, 5) is 10.3. The van der Waals surface area contributed by atoms with E-state index < -0.39 is 5.97 Å². The number of benzene rings is 1. The largest absolute Gasteiger partial charge is 0.481 e. The van der Waals surface area contributed by atoms with E-state index in [0.717, 1.165) is 13.0 Å². The van der Waals surface area contributed by atoms with Gasteiger partial charge in [-0.15, -0.1) is 0 Å². The number of aliphatic carboxylic acids is 1. The third-order valence-electron chi connectivity index (χ3n) is 2.58. The van der Waals surface area contributed by atoms with Crippen molar-refractivity contribution in [2.24, 2.45) is 0 Å². The first-order chi connectivity index (χ1) is 7.59. The molecule has 0 radical (unpaired) electrons. The lowest BCUT2D eigenvalue weighted by Gasteiger charge is -2.07. The fourth-order valence-corrected chi connectivity index (χ4v) is 1.67. The molecule has 0 aliphatic rings. The zero-order valence-corrected chi connectivity index (χ0v) is 9.92. The van der Waals surface area contributed by atoms with Crippen LogP contribution in [-0.2, 0) is 11.2 Å². The third-order valence-corrected chi connectivity index (χ3v) is 2.58. The van der Waals surface area contributed by atoms with Gasteiger partial charge >= 0.3 is 5.97 Å². The first kappa shape index (κ1) is 12.7. The zero-order chi connectivity index (χ0) is 12.0. The molecule has 1 aromatic carbocycles. The highest BCUT2D eigenvalue weighted by Gasteiger charge is 1.99. The van der Waals surface area contributed by atoms with Crippen molar-refractivity contribution in [3.63, 3.8) is 0 Å². The average molecular weight is 221 g/mol. The quantitative estimate of drug-likeness (QED) is 0.721. The van der Waals surface area contributed by atoms with Crippen LogP contribution in [0.1, 0.15) is 23.1 Å². The van der Waals surface area contributed by atoms with E-state index in [1.807, 2.05) is 0 Å². The van der Waals surface area contributed by atoms with Crippen LogP contribution in [-0.4, -0.2) is 24.2 Å². The van der Waals surface area contributed by atoms with E-state index in [0.29, 0.717) is 6.54 Å². The molecule has 1 rings (SSSR count). The Morgan fingerprint density at radius 1 is 1.31 bits per heavy atom. The Labute approximate surface area is 96.5 Å². The zero-order valence-electron chi connectivity index (χ0n) is 9.92. The fourth-order valence-electron chi connectivity index (χ4n) is 1.67. The molecule has 0 aliphatic heterocycles. The Balaban J connectivity index is 2.29. The number of hydrogen-bond acceptors (Lipinski definition) is 2. The SMILES string of the molecule is Cc1ccc(CCNCCC(=O)O)c(C)c1. The lowest BCUT2D eigenvalue weighted by molar-refractivity contribution is -0.136. The van der Waals surface area contributed by atoms with Gasteiger partial charge in [0.25, 0.3) is 0 Å². The van der Waals surface area contributed by atoms with Crippen molar-refractivity contribution in [1.82, 2.24) is 5.32 Å². The van der Waals surface area contributed by atoms with E-state index in [9.17, 15) is 4.79 Å². The van der Waals surface area contributed by atoms with E-state index in [1.165, 1.54) is 16.7 Å².